The fourth-order valence-corrected chi connectivity index (χ4v) is 3.07. The van der Waals surface area contributed by atoms with Gasteiger partial charge in [0.05, 0.1) is 11.3 Å². The number of H-pyrrole nitrogens is 1. The molecule has 12 heteroatoms. The first-order valence-electron chi connectivity index (χ1n) is 8.56. The summed E-state index contributed by atoms with van der Waals surface area (Å²) in [4.78, 5) is 34.8. The largest absolute Gasteiger partial charge is 0.508 e. The zero-order chi connectivity index (χ0) is 22.5. The SMILES string of the molecule is NC(=O)c1nc(-c2cccc(O)c2)nc2c1[nH]c(=O)n2-c1cccc(C(F)(F)F)c1F. The van der Waals surface area contributed by atoms with E-state index in [0.717, 1.165) is 12.1 Å². The van der Waals surface area contributed by atoms with Crippen molar-refractivity contribution < 1.29 is 27.5 Å². The van der Waals surface area contributed by atoms with Gasteiger partial charge in [0.15, 0.2) is 23.0 Å². The van der Waals surface area contributed by atoms with E-state index < -0.39 is 40.5 Å². The lowest BCUT2D eigenvalue weighted by atomic mass is 10.1. The second-order valence-corrected chi connectivity index (χ2v) is 6.41. The van der Waals surface area contributed by atoms with Crippen molar-refractivity contribution in [1.29, 1.82) is 0 Å². The van der Waals surface area contributed by atoms with Crippen LogP contribution in [-0.2, 0) is 6.18 Å². The maximum Gasteiger partial charge on any atom is 0.419 e. The van der Waals surface area contributed by atoms with Gasteiger partial charge in [-0.3, -0.25) is 4.79 Å². The Bertz CT molecular complexity index is 1410. The van der Waals surface area contributed by atoms with Gasteiger partial charge < -0.3 is 15.8 Å². The molecule has 8 nitrogen and oxygen atoms in total. The van der Waals surface area contributed by atoms with Crippen molar-refractivity contribution >= 4 is 17.1 Å². The Balaban J connectivity index is 2.08. The first kappa shape index (κ1) is 20.1. The summed E-state index contributed by atoms with van der Waals surface area (Å²) >= 11 is 0. The number of benzene rings is 2. The monoisotopic (exact) mass is 433 g/mol. The summed E-state index contributed by atoms with van der Waals surface area (Å²) in [6, 6.07) is 7.97. The molecule has 0 saturated carbocycles. The molecular weight excluding hydrogens is 422 g/mol. The number of carbonyl (C=O) groups excluding carboxylic acids is 1. The number of primary amides is 1. The van der Waals surface area contributed by atoms with Gasteiger partial charge in [0.25, 0.3) is 5.91 Å². The highest BCUT2D eigenvalue weighted by Gasteiger charge is 2.35. The Morgan fingerprint density at radius 2 is 1.84 bits per heavy atom. The summed E-state index contributed by atoms with van der Waals surface area (Å²) in [6.07, 6.45) is -5.00. The van der Waals surface area contributed by atoms with E-state index in [0.29, 0.717) is 10.6 Å². The van der Waals surface area contributed by atoms with Crippen LogP contribution < -0.4 is 11.4 Å². The number of nitrogens with two attached hydrogens (primary N) is 1. The molecule has 0 fully saturated rings. The molecule has 0 bridgehead atoms. The molecule has 0 saturated heterocycles. The number of fused-ring (bicyclic) bond motifs is 1. The summed E-state index contributed by atoms with van der Waals surface area (Å²) in [5.41, 5.74) is 1.09. The molecule has 4 rings (SSSR count). The summed E-state index contributed by atoms with van der Waals surface area (Å²) in [7, 11) is 0. The highest BCUT2D eigenvalue weighted by molar-refractivity contribution is 6.02. The Morgan fingerprint density at radius 3 is 2.48 bits per heavy atom. The third-order valence-corrected chi connectivity index (χ3v) is 4.40. The lowest BCUT2D eigenvalue weighted by Gasteiger charge is -2.12. The van der Waals surface area contributed by atoms with Crippen LogP contribution in [0, 0.1) is 5.82 Å². The number of hydrogen-bond acceptors (Lipinski definition) is 5. The Hall–Kier alpha value is -4.22. The average Bonchev–Trinajstić information content (AvgIpc) is 3.02. The van der Waals surface area contributed by atoms with Crippen molar-refractivity contribution in [2.75, 3.05) is 0 Å². The van der Waals surface area contributed by atoms with Crippen LogP contribution >= 0.6 is 0 Å². The molecule has 31 heavy (non-hydrogen) atoms. The molecule has 1 amide bonds. The van der Waals surface area contributed by atoms with Gasteiger partial charge in [-0.2, -0.15) is 13.2 Å². The topological polar surface area (TPSA) is 127 Å². The van der Waals surface area contributed by atoms with E-state index >= 15 is 0 Å². The van der Waals surface area contributed by atoms with E-state index in [1.807, 2.05) is 0 Å². The number of aromatic hydroxyl groups is 1. The highest BCUT2D eigenvalue weighted by Crippen LogP contribution is 2.34. The fraction of sp³-hybridized carbons (Fsp3) is 0.0526. The van der Waals surface area contributed by atoms with Gasteiger partial charge in [-0.25, -0.2) is 23.7 Å². The number of nitrogens with one attached hydrogen (secondary N) is 1. The molecular formula is C19H11F4N5O3. The predicted molar refractivity (Wildman–Crippen MR) is 100 cm³/mol. The predicted octanol–water partition coefficient (Wildman–Crippen LogP) is 2.74. The zero-order valence-electron chi connectivity index (χ0n) is 15.2. The van der Waals surface area contributed by atoms with Crippen LogP contribution in [0.1, 0.15) is 16.1 Å². The van der Waals surface area contributed by atoms with Gasteiger partial charge in [0, 0.05) is 5.56 Å². The minimum Gasteiger partial charge on any atom is -0.508 e. The molecule has 4 N–H and O–H groups in total. The van der Waals surface area contributed by atoms with Gasteiger partial charge in [0.2, 0.25) is 0 Å². The Morgan fingerprint density at radius 1 is 1.13 bits per heavy atom. The maximum absolute atomic E-state index is 14.7. The van der Waals surface area contributed by atoms with Crippen LogP contribution in [0.3, 0.4) is 0 Å². The van der Waals surface area contributed by atoms with Crippen molar-refractivity contribution in [3.05, 3.63) is 70.0 Å². The number of rotatable bonds is 3. The highest BCUT2D eigenvalue weighted by atomic mass is 19.4. The molecule has 4 aromatic rings. The van der Waals surface area contributed by atoms with Crippen LogP contribution in [-0.4, -0.2) is 30.5 Å². The van der Waals surface area contributed by atoms with E-state index in [2.05, 4.69) is 15.0 Å². The van der Waals surface area contributed by atoms with E-state index in [1.165, 1.54) is 24.3 Å². The van der Waals surface area contributed by atoms with Crippen molar-refractivity contribution in [3.8, 4) is 22.8 Å². The number of halogens is 4. The summed E-state index contributed by atoms with van der Waals surface area (Å²) in [6.45, 7) is 0. The number of amides is 1. The maximum atomic E-state index is 14.7. The van der Waals surface area contributed by atoms with Gasteiger partial charge in [-0.15, -0.1) is 0 Å². The molecule has 0 aliphatic rings. The zero-order valence-corrected chi connectivity index (χ0v) is 15.2. The summed E-state index contributed by atoms with van der Waals surface area (Å²) in [5, 5.41) is 9.68. The number of phenolic OH excluding ortho intramolecular Hbond substituents is 1. The quantitative estimate of drug-likeness (QED) is 0.428. The van der Waals surface area contributed by atoms with Crippen molar-refractivity contribution in [2.45, 2.75) is 6.18 Å². The molecule has 158 valence electrons. The number of alkyl halides is 3. The number of phenols is 1. The van der Waals surface area contributed by atoms with Crippen LogP contribution in [0.2, 0.25) is 0 Å². The van der Waals surface area contributed by atoms with Crippen molar-refractivity contribution in [1.82, 2.24) is 19.5 Å². The molecule has 0 radical (unpaired) electrons. The van der Waals surface area contributed by atoms with Gasteiger partial charge >= 0.3 is 11.9 Å². The Labute approximate surface area is 169 Å². The van der Waals surface area contributed by atoms with Crippen molar-refractivity contribution in [2.24, 2.45) is 5.73 Å². The molecule has 2 aromatic carbocycles. The lowest BCUT2D eigenvalue weighted by Crippen LogP contribution is -2.18. The van der Waals surface area contributed by atoms with E-state index in [1.54, 1.807) is 0 Å². The molecule has 0 aliphatic carbocycles. The summed E-state index contributed by atoms with van der Waals surface area (Å²) < 4.78 is 54.7. The smallest absolute Gasteiger partial charge is 0.419 e. The van der Waals surface area contributed by atoms with E-state index in [9.17, 15) is 32.3 Å². The van der Waals surface area contributed by atoms with Crippen LogP contribution in [0.25, 0.3) is 28.2 Å². The van der Waals surface area contributed by atoms with Crippen LogP contribution in [0.5, 0.6) is 5.75 Å². The normalized spacial score (nSPS) is 11.7. The van der Waals surface area contributed by atoms with Crippen LogP contribution in [0.4, 0.5) is 17.6 Å². The van der Waals surface area contributed by atoms with Gasteiger partial charge in [-0.05, 0) is 24.3 Å². The molecule has 2 aromatic heterocycles. The van der Waals surface area contributed by atoms with Crippen LogP contribution in [0.15, 0.2) is 47.3 Å². The second kappa shape index (κ2) is 6.93. The number of aromatic nitrogens is 4. The number of carbonyl (C=O) groups is 1. The third-order valence-electron chi connectivity index (χ3n) is 4.40. The molecule has 2 heterocycles. The number of aromatic amines is 1. The van der Waals surface area contributed by atoms with E-state index in [4.69, 9.17) is 5.73 Å². The average molecular weight is 433 g/mol. The van der Waals surface area contributed by atoms with Gasteiger partial charge in [-0.1, -0.05) is 18.2 Å². The molecule has 0 unspecified atom stereocenters. The molecule has 0 spiro atoms. The first-order chi connectivity index (χ1) is 14.6. The summed E-state index contributed by atoms with van der Waals surface area (Å²) in [5.74, 6) is -3.09. The van der Waals surface area contributed by atoms with E-state index in [-0.39, 0.29) is 28.3 Å². The number of imidazole rings is 1. The lowest BCUT2D eigenvalue weighted by molar-refractivity contribution is -0.140. The minimum absolute atomic E-state index is 0.155. The number of nitrogens with zero attached hydrogens (tertiary/aromatic N) is 3. The standard InChI is InChI=1S/C19H11F4N5O3/c20-12-10(19(21,22)23)5-2-6-11(12)28-17-14(26-18(28)31)13(15(24)30)25-16(27-17)8-3-1-4-9(29)7-8/h1-7,29H,(H2,24,30)(H,26,31). The first-order valence-corrected chi connectivity index (χ1v) is 8.56. The molecule has 0 aliphatic heterocycles. The van der Waals surface area contributed by atoms with Crippen molar-refractivity contribution in [3.63, 3.8) is 0 Å². The fourth-order valence-electron chi connectivity index (χ4n) is 3.07. The van der Waals surface area contributed by atoms with Gasteiger partial charge in [0.1, 0.15) is 11.3 Å². The second-order valence-electron chi connectivity index (χ2n) is 6.41. The number of hydrogen-bond donors (Lipinski definition) is 3. The molecule has 0 atom stereocenters. The Kier molecular flexibility index (Phi) is 4.49. The third kappa shape index (κ3) is 3.37. The minimum atomic E-state index is -5.00.